The highest BCUT2D eigenvalue weighted by molar-refractivity contribution is 6.05. The zero-order valence-corrected chi connectivity index (χ0v) is 15.7. The maximum absolute atomic E-state index is 12.3. The molecule has 0 spiro atoms. The van der Waals surface area contributed by atoms with Crippen LogP contribution < -0.4 is 24.8 Å². The highest BCUT2D eigenvalue weighted by Gasteiger charge is 2.09. The molecule has 0 unspecified atom stereocenters. The lowest BCUT2D eigenvalue weighted by Crippen LogP contribution is -2.13. The molecule has 0 fully saturated rings. The molecule has 27 heavy (non-hydrogen) atoms. The van der Waals surface area contributed by atoms with Crippen molar-refractivity contribution in [3.05, 3.63) is 48.0 Å². The molecule has 2 aromatic carbocycles. The largest absolute Gasteiger partial charge is 0.497 e. The van der Waals surface area contributed by atoms with Crippen LogP contribution in [-0.4, -0.2) is 33.1 Å². The fraction of sp³-hybridized carbons (Fsp3) is 0.200. The lowest BCUT2D eigenvalue weighted by molar-refractivity contribution is -0.114. The van der Waals surface area contributed by atoms with Crippen LogP contribution in [0.15, 0.2) is 42.5 Å². The topological polar surface area (TPSA) is 85.9 Å². The van der Waals surface area contributed by atoms with Gasteiger partial charge in [-0.25, -0.2) is 0 Å². The van der Waals surface area contributed by atoms with Gasteiger partial charge in [-0.1, -0.05) is 6.07 Å². The van der Waals surface area contributed by atoms with Crippen molar-refractivity contribution >= 4 is 29.3 Å². The van der Waals surface area contributed by atoms with Gasteiger partial charge in [-0.2, -0.15) is 0 Å². The average Bonchev–Trinajstić information content (AvgIpc) is 2.67. The number of hydrogen-bond donors (Lipinski definition) is 2. The van der Waals surface area contributed by atoms with E-state index in [1.165, 1.54) is 20.1 Å². The van der Waals surface area contributed by atoms with E-state index in [2.05, 4.69) is 10.6 Å². The second-order valence-electron chi connectivity index (χ2n) is 5.53. The molecule has 2 aromatic rings. The van der Waals surface area contributed by atoms with Crippen LogP contribution in [0, 0.1) is 0 Å². The maximum Gasteiger partial charge on any atom is 0.248 e. The van der Waals surface area contributed by atoms with Crippen molar-refractivity contribution < 1.29 is 23.8 Å². The van der Waals surface area contributed by atoms with Gasteiger partial charge in [0, 0.05) is 19.1 Å². The maximum atomic E-state index is 12.3. The molecule has 7 nitrogen and oxygen atoms in total. The van der Waals surface area contributed by atoms with Crippen molar-refractivity contribution in [2.45, 2.75) is 6.92 Å². The van der Waals surface area contributed by atoms with Crippen LogP contribution in [0.25, 0.3) is 6.08 Å². The first-order valence-corrected chi connectivity index (χ1v) is 8.13. The Morgan fingerprint density at radius 3 is 2.22 bits per heavy atom. The highest BCUT2D eigenvalue weighted by atomic mass is 16.5. The molecule has 0 aliphatic heterocycles. The van der Waals surface area contributed by atoms with Crippen LogP contribution in [0.2, 0.25) is 0 Å². The average molecular weight is 370 g/mol. The summed E-state index contributed by atoms with van der Waals surface area (Å²) in [6, 6.07) is 10.3. The fourth-order valence-electron chi connectivity index (χ4n) is 2.36. The monoisotopic (exact) mass is 370 g/mol. The molecule has 0 aromatic heterocycles. The Balaban J connectivity index is 2.17. The number of carbonyl (C=O) groups excluding carboxylic acids is 2. The first kappa shape index (κ1) is 19.8. The van der Waals surface area contributed by atoms with Crippen molar-refractivity contribution in [3.8, 4) is 17.2 Å². The van der Waals surface area contributed by atoms with Crippen molar-refractivity contribution in [2.24, 2.45) is 0 Å². The number of rotatable bonds is 7. The summed E-state index contributed by atoms with van der Waals surface area (Å²) in [7, 11) is 4.63. The van der Waals surface area contributed by atoms with Crippen molar-refractivity contribution in [1.29, 1.82) is 0 Å². The van der Waals surface area contributed by atoms with Gasteiger partial charge in [-0.05, 0) is 35.9 Å². The van der Waals surface area contributed by atoms with Gasteiger partial charge in [0.15, 0.2) is 11.5 Å². The van der Waals surface area contributed by atoms with E-state index in [0.717, 1.165) is 5.56 Å². The number of ether oxygens (including phenoxy) is 3. The summed E-state index contributed by atoms with van der Waals surface area (Å²) in [5.41, 5.74) is 1.69. The van der Waals surface area contributed by atoms with E-state index in [1.807, 2.05) is 0 Å². The molecule has 0 saturated heterocycles. The summed E-state index contributed by atoms with van der Waals surface area (Å²) >= 11 is 0. The van der Waals surface area contributed by atoms with Gasteiger partial charge in [0.05, 0.1) is 32.7 Å². The lowest BCUT2D eigenvalue weighted by Gasteiger charge is -2.12. The van der Waals surface area contributed by atoms with Crippen molar-refractivity contribution in [3.63, 3.8) is 0 Å². The second-order valence-corrected chi connectivity index (χ2v) is 5.53. The first-order chi connectivity index (χ1) is 13.0. The minimum atomic E-state index is -0.357. The summed E-state index contributed by atoms with van der Waals surface area (Å²) < 4.78 is 15.6. The van der Waals surface area contributed by atoms with Crippen molar-refractivity contribution in [1.82, 2.24) is 0 Å². The summed E-state index contributed by atoms with van der Waals surface area (Å²) in [6.07, 6.45) is 3.04. The molecule has 142 valence electrons. The third kappa shape index (κ3) is 5.50. The van der Waals surface area contributed by atoms with Gasteiger partial charge in [0.25, 0.3) is 0 Å². The van der Waals surface area contributed by atoms with E-state index < -0.39 is 0 Å². The zero-order valence-electron chi connectivity index (χ0n) is 15.7. The van der Waals surface area contributed by atoms with E-state index in [0.29, 0.717) is 28.6 Å². The van der Waals surface area contributed by atoms with Gasteiger partial charge in [-0.15, -0.1) is 0 Å². The number of anilines is 2. The summed E-state index contributed by atoms with van der Waals surface area (Å²) in [5, 5.41) is 5.40. The van der Waals surface area contributed by atoms with Gasteiger partial charge >= 0.3 is 0 Å². The Labute approximate surface area is 157 Å². The second kappa shape index (κ2) is 9.28. The fourth-order valence-corrected chi connectivity index (χ4v) is 2.36. The van der Waals surface area contributed by atoms with Gasteiger partial charge < -0.3 is 24.8 Å². The van der Waals surface area contributed by atoms with Gasteiger partial charge in [0.2, 0.25) is 11.8 Å². The third-order valence-electron chi connectivity index (χ3n) is 3.63. The lowest BCUT2D eigenvalue weighted by atomic mass is 10.2. The predicted octanol–water partition coefficient (Wildman–Crippen LogP) is 3.32. The minimum absolute atomic E-state index is 0.239. The Hall–Kier alpha value is -3.48. The molecule has 0 aliphatic rings. The van der Waals surface area contributed by atoms with Gasteiger partial charge in [-0.3, -0.25) is 9.59 Å². The van der Waals surface area contributed by atoms with Crippen LogP contribution >= 0.6 is 0 Å². The summed E-state index contributed by atoms with van der Waals surface area (Å²) in [6.45, 7) is 1.40. The first-order valence-electron chi connectivity index (χ1n) is 8.13. The smallest absolute Gasteiger partial charge is 0.248 e. The van der Waals surface area contributed by atoms with E-state index in [4.69, 9.17) is 14.2 Å². The Morgan fingerprint density at radius 2 is 1.59 bits per heavy atom. The van der Waals surface area contributed by atoms with Gasteiger partial charge in [0.1, 0.15) is 5.75 Å². The number of methoxy groups -OCH3 is 3. The number of nitrogens with one attached hydrogen (secondary N) is 2. The molecule has 0 radical (unpaired) electrons. The molecular formula is C20H22N2O5. The highest BCUT2D eigenvalue weighted by Crippen LogP contribution is 2.29. The summed E-state index contributed by atoms with van der Waals surface area (Å²) in [4.78, 5) is 23.6. The Kier molecular flexibility index (Phi) is 6.82. The molecular weight excluding hydrogens is 348 g/mol. The normalized spacial score (nSPS) is 10.4. The Bertz CT molecular complexity index is 861. The molecule has 0 heterocycles. The Morgan fingerprint density at radius 1 is 0.852 bits per heavy atom. The van der Waals surface area contributed by atoms with E-state index in [9.17, 15) is 9.59 Å². The van der Waals surface area contributed by atoms with Crippen LogP contribution in [0.3, 0.4) is 0 Å². The molecule has 7 heteroatoms. The van der Waals surface area contributed by atoms with Crippen LogP contribution in [0.5, 0.6) is 17.2 Å². The minimum Gasteiger partial charge on any atom is -0.497 e. The van der Waals surface area contributed by atoms with E-state index >= 15 is 0 Å². The molecule has 2 amide bonds. The zero-order chi connectivity index (χ0) is 19.8. The quantitative estimate of drug-likeness (QED) is 0.730. The number of hydrogen-bond acceptors (Lipinski definition) is 5. The third-order valence-corrected chi connectivity index (χ3v) is 3.63. The summed E-state index contributed by atoms with van der Waals surface area (Å²) in [5.74, 6) is 1.14. The molecule has 0 aliphatic carbocycles. The standard InChI is InChI=1S/C20H22N2O5/c1-13(23)21-16-8-7-15(25-2)12-17(16)22-20(24)10-6-14-5-9-18(26-3)19(11-14)27-4/h5-12H,1-4H3,(H,21,23)(H,22,24). The SMILES string of the molecule is COc1ccc(NC(C)=O)c(NC(=O)C=Cc2ccc(OC)c(OC)c2)c1. The molecule has 0 atom stereocenters. The molecule has 2 rings (SSSR count). The predicted molar refractivity (Wildman–Crippen MR) is 105 cm³/mol. The van der Waals surface area contributed by atoms with E-state index in [1.54, 1.807) is 56.7 Å². The molecule has 2 N–H and O–H groups in total. The molecule has 0 bridgehead atoms. The number of benzene rings is 2. The number of amides is 2. The molecule has 0 saturated carbocycles. The van der Waals surface area contributed by atoms with Crippen molar-refractivity contribution in [2.75, 3.05) is 32.0 Å². The van der Waals surface area contributed by atoms with E-state index in [-0.39, 0.29) is 11.8 Å². The number of carbonyl (C=O) groups is 2. The van der Waals surface area contributed by atoms with Crippen LogP contribution in [-0.2, 0) is 9.59 Å². The van der Waals surface area contributed by atoms with Crippen LogP contribution in [0.4, 0.5) is 11.4 Å². The van der Waals surface area contributed by atoms with Crippen LogP contribution in [0.1, 0.15) is 12.5 Å².